The van der Waals surface area contributed by atoms with Crippen molar-refractivity contribution in [3.63, 3.8) is 0 Å². The zero-order valence-corrected chi connectivity index (χ0v) is 13.6. The van der Waals surface area contributed by atoms with Crippen LogP contribution in [0.15, 0.2) is 71.7 Å². The summed E-state index contributed by atoms with van der Waals surface area (Å²) < 4.78 is 15.1. The molecule has 6 heteroatoms. The molecule has 0 bridgehead atoms. The molecule has 0 fully saturated rings. The molecule has 1 heterocycles. The van der Waals surface area contributed by atoms with Gasteiger partial charge in [0.05, 0.1) is 17.8 Å². The van der Waals surface area contributed by atoms with Gasteiger partial charge >= 0.3 is 0 Å². The number of aromatic nitrogens is 1. The van der Waals surface area contributed by atoms with Crippen molar-refractivity contribution in [2.75, 3.05) is 5.32 Å². The molecule has 0 aliphatic heterocycles. The second-order valence-electron chi connectivity index (χ2n) is 5.56. The summed E-state index contributed by atoms with van der Waals surface area (Å²) in [6.45, 7) is 0.0153. The first kappa shape index (κ1) is 17.1. The van der Waals surface area contributed by atoms with E-state index < -0.39 is 17.3 Å². The number of nitrogens with zero attached hydrogens (tertiary/aromatic N) is 2. The Bertz CT molecular complexity index is 1070. The highest BCUT2D eigenvalue weighted by molar-refractivity contribution is 6.04. The molecule has 0 unspecified atom stereocenters. The number of nitrogens with one attached hydrogen (secondary N) is 1. The highest BCUT2D eigenvalue weighted by Crippen LogP contribution is 2.14. The predicted molar refractivity (Wildman–Crippen MR) is 95.3 cm³/mol. The maximum atomic E-state index is 13.8. The SMILES string of the molecule is N#Cc1ccccc1NC(=O)c1cccn(Cc2ccccc2F)c1=O. The lowest BCUT2D eigenvalue weighted by Gasteiger charge is -2.10. The molecule has 0 atom stereocenters. The fourth-order valence-electron chi connectivity index (χ4n) is 2.52. The molecule has 26 heavy (non-hydrogen) atoms. The summed E-state index contributed by atoms with van der Waals surface area (Å²) in [7, 11) is 0. The summed E-state index contributed by atoms with van der Waals surface area (Å²) in [5, 5.41) is 11.7. The van der Waals surface area contributed by atoms with Gasteiger partial charge in [-0.2, -0.15) is 5.26 Å². The number of hydrogen-bond donors (Lipinski definition) is 1. The van der Waals surface area contributed by atoms with Gasteiger partial charge in [-0.1, -0.05) is 30.3 Å². The van der Waals surface area contributed by atoms with Gasteiger partial charge in [0.2, 0.25) is 0 Å². The van der Waals surface area contributed by atoms with E-state index in [0.717, 1.165) is 0 Å². The number of halogens is 1. The molecule has 3 aromatic rings. The molecule has 0 aliphatic rings. The molecule has 0 aliphatic carbocycles. The van der Waals surface area contributed by atoms with E-state index >= 15 is 0 Å². The van der Waals surface area contributed by atoms with Crippen molar-refractivity contribution < 1.29 is 9.18 Å². The number of hydrogen-bond acceptors (Lipinski definition) is 3. The first-order chi connectivity index (χ1) is 12.6. The molecule has 0 saturated heterocycles. The molecule has 2 aromatic carbocycles. The van der Waals surface area contributed by atoms with Crippen molar-refractivity contribution in [1.82, 2.24) is 4.57 Å². The van der Waals surface area contributed by atoms with E-state index in [9.17, 15) is 14.0 Å². The summed E-state index contributed by atoms with van der Waals surface area (Å²) in [4.78, 5) is 25.1. The molecule has 1 amide bonds. The van der Waals surface area contributed by atoms with Crippen molar-refractivity contribution in [2.45, 2.75) is 6.54 Å². The third-order valence-corrected chi connectivity index (χ3v) is 3.86. The minimum atomic E-state index is -0.624. The summed E-state index contributed by atoms with van der Waals surface area (Å²) in [5.74, 6) is -1.04. The number of anilines is 1. The first-order valence-corrected chi connectivity index (χ1v) is 7.83. The smallest absolute Gasteiger partial charge is 0.263 e. The maximum absolute atomic E-state index is 13.8. The average molecular weight is 347 g/mol. The summed E-state index contributed by atoms with van der Waals surface area (Å²) in [6.07, 6.45) is 1.49. The molecule has 128 valence electrons. The van der Waals surface area contributed by atoms with E-state index in [1.54, 1.807) is 48.5 Å². The van der Waals surface area contributed by atoms with E-state index in [4.69, 9.17) is 5.26 Å². The standard InChI is InChI=1S/C20H14FN3O2/c21-17-9-3-1-7-15(17)13-24-11-5-8-16(20(24)26)19(25)23-18-10-4-2-6-14(18)12-22/h1-11H,13H2,(H,23,25). The Morgan fingerprint density at radius 1 is 1.08 bits per heavy atom. The lowest BCUT2D eigenvalue weighted by molar-refractivity contribution is 0.102. The second kappa shape index (κ2) is 7.45. The van der Waals surface area contributed by atoms with Crippen LogP contribution in [0.25, 0.3) is 0 Å². The number of nitriles is 1. The first-order valence-electron chi connectivity index (χ1n) is 7.83. The summed E-state index contributed by atoms with van der Waals surface area (Å²) >= 11 is 0. The van der Waals surface area contributed by atoms with Crippen molar-refractivity contribution in [2.24, 2.45) is 0 Å². The average Bonchev–Trinajstić information content (AvgIpc) is 2.65. The second-order valence-corrected chi connectivity index (χ2v) is 5.56. The van der Waals surface area contributed by atoms with Gasteiger partial charge in [0.15, 0.2) is 0 Å². The molecule has 1 aromatic heterocycles. The van der Waals surface area contributed by atoms with Crippen molar-refractivity contribution in [3.8, 4) is 6.07 Å². The number of amides is 1. The molecule has 1 N–H and O–H groups in total. The van der Waals surface area contributed by atoms with Gasteiger partial charge in [0, 0.05) is 11.8 Å². The Morgan fingerprint density at radius 2 is 1.81 bits per heavy atom. The largest absolute Gasteiger partial charge is 0.321 e. The number of para-hydroxylation sites is 1. The molecule has 0 spiro atoms. The zero-order chi connectivity index (χ0) is 18.5. The molecular formula is C20H14FN3O2. The van der Waals surface area contributed by atoms with Crippen LogP contribution in [0.4, 0.5) is 10.1 Å². The number of carbonyl (C=O) groups excluding carboxylic acids is 1. The van der Waals surface area contributed by atoms with E-state index in [0.29, 0.717) is 16.8 Å². The van der Waals surface area contributed by atoms with E-state index in [1.807, 2.05) is 6.07 Å². The Hall–Kier alpha value is -3.72. The fraction of sp³-hybridized carbons (Fsp3) is 0.0500. The number of benzene rings is 2. The third kappa shape index (κ3) is 3.52. The van der Waals surface area contributed by atoms with Crippen LogP contribution in [0, 0.1) is 17.1 Å². The normalized spacial score (nSPS) is 10.2. The highest BCUT2D eigenvalue weighted by Gasteiger charge is 2.14. The van der Waals surface area contributed by atoms with E-state index in [2.05, 4.69) is 5.32 Å². The molecule has 5 nitrogen and oxygen atoms in total. The summed E-state index contributed by atoms with van der Waals surface area (Å²) in [5.41, 5.74) is 0.341. The van der Waals surface area contributed by atoms with Gasteiger partial charge in [-0.3, -0.25) is 9.59 Å². The van der Waals surface area contributed by atoms with Crippen LogP contribution >= 0.6 is 0 Å². The minimum absolute atomic E-state index is 0.0153. The van der Waals surface area contributed by atoms with Gasteiger partial charge in [0.25, 0.3) is 11.5 Å². The Morgan fingerprint density at radius 3 is 2.58 bits per heavy atom. The minimum Gasteiger partial charge on any atom is -0.321 e. The maximum Gasteiger partial charge on any atom is 0.263 e. The van der Waals surface area contributed by atoms with Crippen LogP contribution in [0.5, 0.6) is 0 Å². The topological polar surface area (TPSA) is 74.9 Å². The molecule has 0 saturated carbocycles. The van der Waals surface area contributed by atoms with Crippen LogP contribution in [0.3, 0.4) is 0 Å². The number of carbonyl (C=O) groups is 1. The van der Waals surface area contributed by atoms with Gasteiger partial charge in [-0.05, 0) is 30.3 Å². The van der Waals surface area contributed by atoms with Crippen LogP contribution in [-0.2, 0) is 6.54 Å². The Balaban J connectivity index is 1.90. The lowest BCUT2D eigenvalue weighted by atomic mass is 10.1. The van der Waals surface area contributed by atoms with Crippen LogP contribution in [0.1, 0.15) is 21.5 Å². The quantitative estimate of drug-likeness (QED) is 0.788. The van der Waals surface area contributed by atoms with E-state index in [-0.39, 0.29) is 12.1 Å². The Labute approximate surface area is 149 Å². The van der Waals surface area contributed by atoms with Crippen LogP contribution in [0.2, 0.25) is 0 Å². The third-order valence-electron chi connectivity index (χ3n) is 3.86. The van der Waals surface area contributed by atoms with Crippen LogP contribution in [-0.4, -0.2) is 10.5 Å². The fourth-order valence-corrected chi connectivity index (χ4v) is 2.52. The van der Waals surface area contributed by atoms with Gasteiger partial charge < -0.3 is 9.88 Å². The Kier molecular flexibility index (Phi) is 4.90. The van der Waals surface area contributed by atoms with Gasteiger partial charge in [0.1, 0.15) is 17.4 Å². The highest BCUT2D eigenvalue weighted by atomic mass is 19.1. The van der Waals surface area contributed by atoms with Gasteiger partial charge in [-0.15, -0.1) is 0 Å². The summed E-state index contributed by atoms with van der Waals surface area (Å²) in [6, 6.07) is 17.6. The zero-order valence-electron chi connectivity index (χ0n) is 13.6. The molecule has 0 radical (unpaired) electrons. The lowest BCUT2D eigenvalue weighted by Crippen LogP contribution is -2.29. The van der Waals surface area contributed by atoms with E-state index in [1.165, 1.54) is 22.9 Å². The monoisotopic (exact) mass is 347 g/mol. The van der Waals surface area contributed by atoms with Crippen molar-refractivity contribution in [3.05, 3.63) is 99.7 Å². The van der Waals surface area contributed by atoms with Crippen molar-refractivity contribution in [1.29, 1.82) is 5.26 Å². The van der Waals surface area contributed by atoms with Gasteiger partial charge in [-0.25, -0.2) is 4.39 Å². The number of rotatable bonds is 4. The molecular weight excluding hydrogens is 333 g/mol. The van der Waals surface area contributed by atoms with Crippen LogP contribution < -0.4 is 10.9 Å². The predicted octanol–water partition coefficient (Wildman–Crippen LogP) is 3.16. The van der Waals surface area contributed by atoms with Crippen molar-refractivity contribution >= 4 is 11.6 Å². The molecule has 3 rings (SSSR count). The number of pyridine rings is 1.